The first-order valence-corrected chi connectivity index (χ1v) is 10.3. The summed E-state index contributed by atoms with van der Waals surface area (Å²) in [5, 5.41) is 12.8. The molecule has 0 radical (unpaired) electrons. The quantitative estimate of drug-likeness (QED) is 0.397. The lowest BCUT2D eigenvalue weighted by molar-refractivity contribution is -0.111. The predicted molar refractivity (Wildman–Crippen MR) is 125 cm³/mol. The van der Waals surface area contributed by atoms with Crippen molar-refractivity contribution in [3.8, 4) is 11.8 Å². The lowest BCUT2D eigenvalue weighted by Crippen LogP contribution is -2.07. The van der Waals surface area contributed by atoms with Gasteiger partial charge in [0.05, 0.1) is 12.5 Å². The van der Waals surface area contributed by atoms with E-state index in [1.807, 2.05) is 65.4 Å². The molecule has 2 aromatic carbocycles. The maximum Gasteiger partial charge on any atom is 0.248 e. The molecule has 0 aliphatic rings. The van der Waals surface area contributed by atoms with Gasteiger partial charge in [-0.1, -0.05) is 30.3 Å². The van der Waals surface area contributed by atoms with Gasteiger partial charge in [0.25, 0.3) is 0 Å². The molecule has 158 valence electrons. The number of benzene rings is 2. The van der Waals surface area contributed by atoms with Crippen molar-refractivity contribution in [2.24, 2.45) is 0 Å². The third-order valence-corrected chi connectivity index (χ3v) is 4.93. The van der Waals surface area contributed by atoms with Crippen molar-refractivity contribution in [3.05, 3.63) is 96.5 Å². The molecule has 0 saturated heterocycles. The molecule has 4 rings (SSSR count). The highest BCUT2D eigenvalue weighted by Crippen LogP contribution is 2.23. The van der Waals surface area contributed by atoms with Crippen molar-refractivity contribution in [2.45, 2.75) is 19.6 Å². The van der Waals surface area contributed by atoms with E-state index >= 15 is 0 Å². The molecule has 0 bridgehead atoms. The third kappa shape index (κ3) is 5.21. The molecular formula is C26H22N4O2. The Morgan fingerprint density at radius 1 is 1.16 bits per heavy atom. The SMILES string of the molecule is N#CCCn1cc(/C=C/C(=O)Nc2cccc(OCc3cccnc3)c2)c2ccccc21. The summed E-state index contributed by atoms with van der Waals surface area (Å²) >= 11 is 0. The summed E-state index contributed by atoms with van der Waals surface area (Å²) in [5.74, 6) is 0.430. The van der Waals surface area contributed by atoms with Gasteiger partial charge in [0.2, 0.25) is 5.91 Å². The summed E-state index contributed by atoms with van der Waals surface area (Å²) in [7, 11) is 0. The topological polar surface area (TPSA) is 79.9 Å². The van der Waals surface area contributed by atoms with Gasteiger partial charge in [0, 0.05) is 65.0 Å². The number of para-hydroxylation sites is 1. The molecule has 1 N–H and O–H groups in total. The fourth-order valence-electron chi connectivity index (χ4n) is 3.43. The average molecular weight is 422 g/mol. The second kappa shape index (κ2) is 10.1. The van der Waals surface area contributed by atoms with E-state index in [2.05, 4.69) is 16.4 Å². The van der Waals surface area contributed by atoms with E-state index in [1.165, 1.54) is 6.08 Å². The maximum atomic E-state index is 12.5. The molecule has 0 spiro atoms. The highest BCUT2D eigenvalue weighted by atomic mass is 16.5. The number of hydrogen-bond donors (Lipinski definition) is 1. The smallest absolute Gasteiger partial charge is 0.248 e. The molecule has 0 aliphatic carbocycles. The van der Waals surface area contributed by atoms with Crippen molar-refractivity contribution in [2.75, 3.05) is 5.32 Å². The van der Waals surface area contributed by atoms with E-state index in [0.29, 0.717) is 31.0 Å². The third-order valence-electron chi connectivity index (χ3n) is 4.93. The minimum Gasteiger partial charge on any atom is -0.489 e. The zero-order valence-electron chi connectivity index (χ0n) is 17.4. The van der Waals surface area contributed by atoms with Crippen LogP contribution in [0.25, 0.3) is 17.0 Å². The lowest BCUT2D eigenvalue weighted by Gasteiger charge is -2.08. The van der Waals surface area contributed by atoms with Crippen LogP contribution in [0.4, 0.5) is 5.69 Å². The van der Waals surface area contributed by atoms with E-state index < -0.39 is 0 Å². The molecule has 0 aliphatic heterocycles. The summed E-state index contributed by atoms with van der Waals surface area (Å²) in [6, 6.07) is 21.2. The number of hydrogen-bond acceptors (Lipinski definition) is 4. The first-order chi connectivity index (χ1) is 15.7. The number of anilines is 1. The number of nitriles is 1. The van der Waals surface area contributed by atoms with E-state index in [-0.39, 0.29) is 5.91 Å². The van der Waals surface area contributed by atoms with Crippen molar-refractivity contribution in [1.82, 2.24) is 9.55 Å². The van der Waals surface area contributed by atoms with Crippen LogP contribution in [0, 0.1) is 11.3 Å². The lowest BCUT2D eigenvalue weighted by atomic mass is 10.1. The standard InChI is InChI=1S/C26H22N4O2/c27-13-5-15-30-18-21(24-9-1-2-10-25(24)30)11-12-26(31)29-22-7-3-8-23(16-22)32-19-20-6-4-14-28-17-20/h1-4,6-12,14,16-18H,5,15,19H2,(H,29,31)/b12-11+. The fourth-order valence-corrected chi connectivity index (χ4v) is 3.43. The summed E-state index contributed by atoms with van der Waals surface area (Å²) in [4.78, 5) is 16.6. The number of rotatable bonds is 8. The highest BCUT2D eigenvalue weighted by Gasteiger charge is 2.07. The van der Waals surface area contributed by atoms with Gasteiger partial charge in [0.15, 0.2) is 0 Å². The highest BCUT2D eigenvalue weighted by molar-refractivity contribution is 6.03. The van der Waals surface area contributed by atoms with Gasteiger partial charge >= 0.3 is 0 Å². The van der Waals surface area contributed by atoms with Crippen LogP contribution in [0.15, 0.2) is 85.3 Å². The second-order valence-electron chi connectivity index (χ2n) is 7.20. The Morgan fingerprint density at radius 3 is 2.91 bits per heavy atom. The zero-order chi connectivity index (χ0) is 22.2. The summed E-state index contributed by atoms with van der Waals surface area (Å²) < 4.78 is 7.83. The van der Waals surface area contributed by atoms with E-state index in [9.17, 15) is 4.79 Å². The van der Waals surface area contributed by atoms with Crippen LogP contribution in [-0.2, 0) is 17.9 Å². The molecule has 6 nitrogen and oxygen atoms in total. The Hall–Kier alpha value is -4.37. The van der Waals surface area contributed by atoms with Crippen LogP contribution in [0.3, 0.4) is 0 Å². The molecule has 2 heterocycles. The van der Waals surface area contributed by atoms with E-state index in [4.69, 9.17) is 10.00 Å². The van der Waals surface area contributed by atoms with Gasteiger partial charge in [-0.15, -0.1) is 0 Å². The Balaban J connectivity index is 1.42. The van der Waals surface area contributed by atoms with Crippen molar-refractivity contribution in [1.29, 1.82) is 5.26 Å². The maximum absolute atomic E-state index is 12.5. The minimum absolute atomic E-state index is 0.233. The normalized spacial score (nSPS) is 10.8. The number of fused-ring (bicyclic) bond motifs is 1. The molecule has 2 aromatic heterocycles. The van der Waals surface area contributed by atoms with Crippen LogP contribution >= 0.6 is 0 Å². The summed E-state index contributed by atoms with van der Waals surface area (Å²) in [6.07, 6.45) is 9.19. The Bertz CT molecular complexity index is 1290. The van der Waals surface area contributed by atoms with E-state index in [1.54, 1.807) is 24.5 Å². The minimum atomic E-state index is -0.233. The summed E-state index contributed by atoms with van der Waals surface area (Å²) in [6.45, 7) is 1.02. The number of amides is 1. The number of ether oxygens (including phenoxy) is 1. The van der Waals surface area contributed by atoms with Crippen LogP contribution in [0.2, 0.25) is 0 Å². The van der Waals surface area contributed by atoms with Crippen LogP contribution in [-0.4, -0.2) is 15.5 Å². The number of pyridine rings is 1. The molecule has 1 amide bonds. The molecular weight excluding hydrogens is 400 g/mol. The fraction of sp³-hybridized carbons (Fsp3) is 0.115. The number of aryl methyl sites for hydroxylation is 1. The number of carbonyl (C=O) groups excluding carboxylic acids is 1. The second-order valence-corrected chi connectivity index (χ2v) is 7.20. The van der Waals surface area contributed by atoms with Gasteiger partial charge in [-0.25, -0.2) is 0 Å². The Morgan fingerprint density at radius 2 is 2.06 bits per heavy atom. The van der Waals surface area contributed by atoms with Gasteiger partial charge in [-0.2, -0.15) is 5.26 Å². The van der Waals surface area contributed by atoms with E-state index in [0.717, 1.165) is 22.0 Å². The molecule has 0 saturated carbocycles. The Labute approximate surface area is 186 Å². The van der Waals surface area contributed by atoms with Gasteiger partial charge in [-0.3, -0.25) is 9.78 Å². The molecule has 0 fully saturated rings. The van der Waals surface area contributed by atoms with Gasteiger partial charge in [0.1, 0.15) is 12.4 Å². The predicted octanol–water partition coefficient (Wildman–Crippen LogP) is 5.18. The van der Waals surface area contributed by atoms with Crippen LogP contribution < -0.4 is 10.1 Å². The largest absolute Gasteiger partial charge is 0.489 e. The van der Waals surface area contributed by atoms with Gasteiger partial charge in [-0.05, 0) is 30.3 Å². The molecule has 0 unspecified atom stereocenters. The molecule has 32 heavy (non-hydrogen) atoms. The number of nitrogens with zero attached hydrogens (tertiary/aromatic N) is 3. The number of aromatic nitrogens is 2. The molecule has 4 aromatic rings. The molecule has 6 heteroatoms. The van der Waals surface area contributed by atoms with Crippen molar-refractivity contribution < 1.29 is 9.53 Å². The summed E-state index contributed by atoms with van der Waals surface area (Å²) in [5.41, 5.74) is 3.60. The molecule has 0 atom stereocenters. The van der Waals surface area contributed by atoms with Crippen molar-refractivity contribution in [3.63, 3.8) is 0 Å². The monoisotopic (exact) mass is 422 g/mol. The Kier molecular flexibility index (Phi) is 6.59. The average Bonchev–Trinajstić information content (AvgIpc) is 3.19. The number of nitrogens with one attached hydrogen (secondary N) is 1. The van der Waals surface area contributed by atoms with Crippen molar-refractivity contribution >= 4 is 28.6 Å². The van der Waals surface area contributed by atoms with Gasteiger partial charge < -0.3 is 14.6 Å². The number of carbonyl (C=O) groups is 1. The zero-order valence-corrected chi connectivity index (χ0v) is 17.4. The first kappa shape index (κ1) is 20.9. The van der Waals surface area contributed by atoms with Crippen LogP contribution in [0.1, 0.15) is 17.5 Å². The van der Waals surface area contributed by atoms with Crippen LogP contribution in [0.5, 0.6) is 5.75 Å². The first-order valence-electron chi connectivity index (χ1n) is 10.3.